The number of fused-ring (bicyclic) bond motifs is 1. The van der Waals surface area contributed by atoms with Gasteiger partial charge in [0.15, 0.2) is 0 Å². The zero-order valence-corrected chi connectivity index (χ0v) is 10.6. The van der Waals surface area contributed by atoms with Crippen molar-refractivity contribution in [2.75, 3.05) is 7.11 Å². The third-order valence-electron chi connectivity index (χ3n) is 3.18. The topological polar surface area (TPSA) is 59.4 Å². The van der Waals surface area contributed by atoms with Crippen molar-refractivity contribution in [2.45, 2.75) is 19.4 Å². The molecule has 2 rings (SSSR count). The van der Waals surface area contributed by atoms with Gasteiger partial charge in [-0.1, -0.05) is 12.1 Å². The first-order chi connectivity index (χ1) is 8.45. The maximum atomic E-state index is 11.1. The Kier molecular flexibility index (Phi) is 3.05. The Bertz CT molecular complexity index is 605. The van der Waals surface area contributed by atoms with Gasteiger partial charge in [0.2, 0.25) is 0 Å². The van der Waals surface area contributed by atoms with Gasteiger partial charge in [0, 0.05) is 18.7 Å². The lowest BCUT2D eigenvalue weighted by molar-refractivity contribution is 0.0193. The van der Waals surface area contributed by atoms with Gasteiger partial charge in [-0.05, 0) is 31.5 Å². The highest BCUT2D eigenvalue weighted by Gasteiger charge is 2.20. The lowest BCUT2D eigenvalue weighted by Gasteiger charge is -2.23. The number of rotatable bonds is 3. The van der Waals surface area contributed by atoms with Crippen LogP contribution in [0.1, 0.15) is 29.8 Å². The summed E-state index contributed by atoms with van der Waals surface area (Å²) in [5.41, 5.74) is 1.47. The zero-order valence-electron chi connectivity index (χ0n) is 10.6. The Morgan fingerprint density at radius 1 is 1.33 bits per heavy atom. The van der Waals surface area contributed by atoms with Crippen LogP contribution >= 0.6 is 0 Å². The van der Waals surface area contributed by atoms with Crippen LogP contribution < -0.4 is 0 Å². The summed E-state index contributed by atoms with van der Waals surface area (Å²) in [5.74, 6) is -0.943. The number of carboxylic acid groups (broad SMARTS) is 1. The maximum Gasteiger partial charge on any atom is 0.336 e. The molecule has 0 amide bonds. The van der Waals surface area contributed by atoms with E-state index in [4.69, 9.17) is 9.84 Å². The van der Waals surface area contributed by atoms with Gasteiger partial charge in [0.1, 0.15) is 0 Å². The number of aromatic nitrogens is 1. The molecule has 4 nitrogen and oxygen atoms in total. The van der Waals surface area contributed by atoms with Crippen LogP contribution in [0.25, 0.3) is 10.9 Å². The smallest absolute Gasteiger partial charge is 0.336 e. The van der Waals surface area contributed by atoms with E-state index < -0.39 is 11.6 Å². The molecule has 4 heteroatoms. The standard InChI is InChI=1S/C14H15NO3/c1-14(2,18-3)9-4-5-10-11(13(16)17)6-7-15-12(10)8-9/h4-8H,1-3H3,(H,16,17). The highest BCUT2D eigenvalue weighted by molar-refractivity contribution is 6.02. The number of methoxy groups -OCH3 is 1. The molecule has 1 aromatic carbocycles. The Balaban J connectivity index is 2.64. The van der Waals surface area contributed by atoms with Crippen LogP contribution in [0.15, 0.2) is 30.5 Å². The summed E-state index contributed by atoms with van der Waals surface area (Å²) in [6.07, 6.45) is 1.51. The van der Waals surface area contributed by atoms with E-state index in [0.29, 0.717) is 10.9 Å². The molecule has 94 valence electrons. The van der Waals surface area contributed by atoms with Crippen LogP contribution in [-0.2, 0) is 10.3 Å². The monoisotopic (exact) mass is 245 g/mol. The largest absolute Gasteiger partial charge is 0.478 e. The van der Waals surface area contributed by atoms with Gasteiger partial charge in [-0.2, -0.15) is 0 Å². The van der Waals surface area contributed by atoms with Crippen molar-refractivity contribution < 1.29 is 14.6 Å². The number of pyridine rings is 1. The average molecular weight is 245 g/mol. The molecule has 0 spiro atoms. The molecular formula is C14H15NO3. The van der Waals surface area contributed by atoms with Crippen molar-refractivity contribution in [3.8, 4) is 0 Å². The molecule has 0 unspecified atom stereocenters. The summed E-state index contributed by atoms with van der Waals surface area (Å²) in [6, 6.07) is 7.03. The third-order valence-corrected chi connectivity index (χ3v) is 3.18. The van der Waals surface area contributed by atoms with E-state index in [2.05, 4.69) is 4.98 Å². The molecule has 0 aliphatic heterocycles. The van der Waals surface area contributed by atoms with E-state index >= 15 is 0 Å². The van der Waals surface area contributed by atoms with E-state index in [0.717, 1.165) is 5.56 Å². The molecule has 2 aromatic rings. The van der Waals surface area contributed by atoms with Crippen molar-refractivity contribution in [1.29, 1.82) is 0 Å². The van der Waals surface area contributed by atoms with Gasteiger partial charge in [-0.25, -0.2) is 4.79 Å². The number of hydrogen-bond donors (Lipinski definition) is 1. The van der Waals surface area contributed by atoms with Crippen LogP contribution in [-0.4, -0.2) is 23.2 Å². The Hall–Kier alpha value is -1.94. The van der Waals surface area contributed by atoms with Crippen molar-refractivity contribution in [2.24, 2.45) is 0 Å². The highest BCUT2D eigenvalue weighted by atomic mass is 16.5. The number of aromatic carboxylic acids is 1. The van der Waals surface area contributed by atoms with E-state index in [9.17, 15) is 4.79 Å². The molecule has 0 saturated carbocycles. The van der Waals surface area contributed by atoms with E-state index in [-0.39, 0.29) is 5.56 Å². The lowest BCUT2D eigenvalue weighted by Crippen LogP contribution is -2.19. The summed E-state index contributed by atoms with van der Waals surface area (Å²) in [7, 11) is 1.64. The maximum absolute atomic E-state index is 11.1. The summed E-state index contributed by atoms with van der Waals surface area (Å²) >= 11 is 0. The molecular weight excluding hydrogens is 230 g/mol. The number of hydrogen-bond acceptors (Lipinski definition) is 3. The number of benzene rings is 1. The molecule has 0 fully saturated rings. The minimum Gasteiger partial charge on any atom is -0.478 e. The quantitative estimate of drug-likeness (QED) is 0.903. The first kappa shape index (κ1) is 12.5. The summed E-state index contributed by atoms with van der Waals surface area (Å²) in [5, 5.41) is 9.75. The van der Waals surface area contributed by atoms with Crippen LogP contribution in [0.4, 0.5) is 0 Å². The fourth-order valence-corrected chi connectivity index (χ4v) is 1.83. The Morgan fingerprint density at radius 2 is 2.06 bits per heavy atom. The first-order valence-corrected chi connectivity index (χ1v) is 5.63. The normalized spacial score (nSPS) is 11.7. The molecule has 0 saturated heterocycles. The second-order valence-corrected chi connectivity index (χ2v) is 4.61. The molecule has 1 heterocycles. The van der Waals surface area contributed by atoms with Gasteiger partial charge in [0.25, 0.3) is 0 Å². The second kappa shape index (κ2) is 4.38. The summed E-state index contributed by atoms with van der Waals surface area (Å²) in [4.78, 5) is 15.3. The van der Waals surface area contributed by atoms with Crippen LogP contribution in [0.3, 0.4) is 0 Å². The van der Waals surface area contributed by atoms with Crippen LogP contribution in [0, 0.1) is 0 Å². The van der Waals surface area contributed by atoms with Gasteiger partial charge in [0.05, 0.1) is 16.7 Å². The lowest BCUT2D eigenvalue weighted by atomic mass is 9.96. The zero-order chi connectivity index (χ0) is 13.3. The van der Waals surface area contributed by atoms with Crippen molar-refractivity contribution >= 4 is 16.9 Å². The highest BCUT2D eigenvalue weighted by Crippen LogP contribution is 2.27. The minimum atomic E-state index is -0.943. The summed E-state index contributed by atoms with van der Waals surface area (Å²) < 4.78 is 5.41. The molecule has 0 bridgehead atoms. The molecule has 0 radical (unpaired) electrons. The summed E-state index contributed by atoms with van der Waals surface area (Å²) in [6.45, 7) is 3.91. The first-order valence-electron chi connectivity index (χ1n) is 5.63. The fourth-order valence-electron chi connectivity index (χ4n) is 1.83. The third kappa shape index (κ3) is 2.07. The molecule has 1 aromatic heterocycles. The van der Waals surface area contributed by atoms with Crippen molar-refractivity contribution in [3.63, 3.8) is 0 Å². The van der Waals surface area contributed by atoms with Crippen LogP contribution in [0.2, 0.25) is 0 Å². The number of nitrogens with zero attached hydrogens (tertiary/aromatic N) is 1. The van der Waals surface area contributed by atoms with Gasteiger partial charge in [-0.3, -0.25) is 4.98 Å². The number of carboxylic acids is 1. The number of carbonyl (C=O) groups is 1. The minimum absolute atomic E-state index is 0.266. The molecule has 1 N–H and O–H groups in total. The molecule has 0 aliphatic rings. The Labute approximate surface area is 105 Å². The van der Waals surface area contributed by atoms with Gasteiger partial charge >= 0.3 is 5.97 Å². The van der Waals surface area contributed by atoms with Crippen molar-refractivity contribution in [3.05, 3.63) is 41.6 Å². The van der Waals surface area contributed by atoms with Crippen LogP contribution in [0.5, 0.6) is 0 Å². The molecule has 18 heavy (non-hydrogen) atoms. The molecule has 0 aliphatic carbocycles. The van der Waals surface area contributed by atoms with E-state index in [1.54, 1.807) is 13.2 Å². The molecule has 0 atom stereocenters. The van der Waals surface area contributed by atoms with E-state index in [1.807, 2.05) is 26.0 Å². The second-order valence-electron chi connectivity index (χ2n) is 4.61. The SMILES string of the molecule is COC(C)(C)c1ccc2c(C(=O)O)ccnc2c1. The number of ether oxygens (including phenoxy) is 1. The fraction of sp³-hybridized carbons (Fsp3) is 0.286. The predicted molar refractivity (Wildman–Crippen MR) is 68.7 cm³/mol. The van der Waals surface area contributed by atoms with E-state index in [1.165, 1.54) is 12.3 Å². The Morgan fingerprint density at radius 3 is 2.67 bits per heavy atom. The van der Waals surface area contributed by atoms with Gasteiger partial charge in [-0.15, -0.1) is 0 Å². The predicted octanol–water partition coefficient (Wildman–Crippen LogP) is 2.81. The van der Waals surface area contributed by atoms with Crippen molar-refractivity contribution in [1.82, 2.24) is 4.98 Å². The average Bonchev–Trinajstić information content (AvgIpc) is 2.37. The van der Waals surface area contributed by atoms with Gasteiger partial charge < -0.3 is 9.84 Å².